The molecule has 1 N–H and O–H groups in total. The summed E-state index contributed by atoms with van der Waals surface area (Å²) in [4.78, 5) is 17.0. The van der Waals surface area contributed by atoms with Crippen molar-refractivity contribution in [1.82, 2.24) is 20.1 Å². The number of hydrogen-bond acceptors (Lipinski definition) is 4. The van der Waals surface area contributed by atoms with Crippen LogP contribution in [0.5, 0.6) is 0 Å². The molecule has 0 aliphatic carbocycles. The van der Waals surface area contributed by atoms with E-state index in [1.807, 2.05) is 30.3 Å². The Labute approximate surface area is 159 Å². The van der Waals surface area contributed by atoms with Crippen LogP contribution >= 0.6 is 11.3 Å². The highest BCUT2D eigenvalue weighted by atomic mass is 32.1. The molecule has 0 spiro atoms. The quantitative estimate of drug-likeness (QED) is 0.571. The number of halogens is 1. The molecule has 27 heavy (non-hydrogen) atoms. The smallest absolute Gasteiger partial charge is 0.261 e. The summed E-state index contributed by atoms with van der Waals surface area (Å²) in [6, 6.07) is 12.9. The second-order valence-electron chi connectivity index (χ2n) is 6.26. The zero-order chi connectivity index (χ0) is 18.8. The Morgan fingerprint density at radius 1 is 1.19 bits per heavy atom. The molecule has 1 amide bonds. The third kappa shape index (κ3) is 3.59. The fourth-order valence-electron chi connectivity index (χ4n) is 3.00. The topological polar surface area (TPSA) is 59.8 Å². The van der Waals surface area contributed by atoms with Gasteiger partial charge >= 0.3 is 0 Å². The van der Waals surface area contributed by atoms with E-state index in [2.05, 4.69) is 15.4 Å². The number of nitrogens with zero attached hydrogens (tertiary/aromatic N) is 3. The van der Waals surface area contributed by atoms with E-state index in [1.165, 1.54) is 23.7 Å². The molecular formula is C20H17FN4OS. The zero-order valence-electron chi connectivity index (χ0n) is 14.6. The van der Waals surface area contributed by atoms with E-state index < -0.39 is 0 Å². The van der Waals surface area contributed by atoms with Gasteiger partial charge in [0.2, 0.25) is 0 Å². The van der Waals surface area contributed by atoms with Crippen molar-refractivity contribution >= 4 is 27.3 Å². The minimum absolute atomic E-state index is 0.181. The molecule has 0 saturated carbocycles. The lowest BCUT2D eigenvalue weighted by atomic mass is 10.1. The number of carbonyl (C=O) groups is 1. The minimum atomic E-state index is -0.289. The van der Waals surface area contributed by atoms with E-state index in [0.29, 0.717) is 28.9 Å². The van der Waals surface area contributed by atoms with Gasteiger partial charge in [0.15, 0.2) is 0 Å². The summed E-state index contributed by atoms with van der Waals surface area (Å²) in [5, 5.41) is 7.54. The maximum absolute atomic E-state index is 14.0. The van der Waals surface area contributed by atoms with Gasteiger partial charge in [0.25, 0.3) is 5.91 Å². The first-order valence-corrected chi connectivity index (χ1v) is 9.29. The first-order valence-electron chi connectivity index (χ1n) is 8.48. The van der Waals surface area contributed by atoms with Crippen molar-refractivity contribution in [2.45, 2.75) is 20.0 Å². The second-order valence-corrected chi connectivity index (χ2v) is 7.31. The summed E-state index contributed by atoms with van der Waals surface area (Å²) in [5.74, 6) is -0.469. The number of rotatable bonds is 5. The first kappa shape index (κ1) is 17.4. The van der Waals surface area contributed by atoms with Crippen LogP contribution in [0.3, 0.4) is 0 Å². The molecule has 2 aromatic heterocycles. The normalized spacial score (nSPS) is 11.0. The molecule has 0 aliphatic heterocycles. The largest absolute Gasteiger partial charge is 0.347 e. The van der Waals surface area contributed by atoms with Crippen LogP contribution in [0.25, 0.3) is 10.1 Å². The summed E-state index contributed by atoms with van der Waals surface area (Å²) in [5.41, 5.74) is 2.79. The van der Waals surface area contributed by atoms with Gasteiger partial charge in [-0.3, -0.25) is 4.79 Å². The second kappa shape index (κ2) is 7.28. The number of carbonyl (C=O) groups excluding carboxylic acids is 1. The molecule has 0 aliphatic rings. The summed E-state index contributed by atoms with van der Waals surface area (Å²) < 4.78 is 16.6. The van der Waals surface area contributed by atoms with Gasteiger partial charge in [-0.05, 0) is 35.7 Å². The van der Waals surface area contributed by atoms with Gasteiger partial charge in [0.1, 0.15) is 18.5 Å². The van der Waals surface area contributed by atoms with E-state index in [4.69, 9.17) is 0 Å². The molecule has 0 atom stereocenters. The average Bonchev–Trinajstić information content (AvgIpc) is 3.29. The van der Waals surface area contributed by atoms with Gasteiger partial charge in [0.05, 0.1) is 11.4 Å². The number of hydrogen-bond donors (Lipinski definition) is 1. The molecule has 0 fully saturated rings. The van der Waals surface area contributed by atoms with Crippen molar-refractivity contribution in [3.8, 4) is 0 Å². The Hall–Kier alpha value is -3.06. The van der Waals surface area contributed by atoms with Gasteiger partial charge < -0.3 is 5.32 Å². The lowest BCUT2D eigenvalue weighted by Crippen LogP contribution is -2.22. The van der Waals surface area contributed by atoms with Crippen molar-refractivity contribution in [3.05, 3.63) is 82.5 Å². The Morgan fingerprint density at radius 2 is 1.96 bits per heavy atom. The lowest BCUT2D eigenvalue weighted by Gasteiger charge is -2.06. The van der Waals surface area contributed by atoms with Crippen LogP contribution in [-0.2, 0) is 13.1 Å². The third-order valence-corrected chi connectivity index (χ3v) is 5.65. The van der Waals surface area contributed by atoms with E-state index in [1.54, 1.807) is 24.0 Å². The summed E-state index contributed by atoms with van der Waals surface area (Å²) in [6.07, 6.45) is 3.18. The Kier molecular flexibility index (Phi) is 4.68. The van der Waals surface area contributed by atoms with E-state index in [9.17, 15) is 9.18 Å². The van der Waals surface area contributed by atoms with Crippen LogP contribution in [0.15, 0.2) is 55.1 Å². The van der Waals surface area contributed by atoms with Crippen molar-refractivity contribution in [2.24, 2.45) is 0 Å². The highest BCUT2D eigenvalue weighted by Gasteiger charge is 2.17. The van der Waals surface area contributed by atoms with Crippen LogP contribution in [-0.4, -0.2) is 20.7 Å². The van der Waals surface area contributed by atoms with Gasteiger partial charge in [-0.15, -0.1) is 11.3 Å². The fourth-order valence-corrected chi connectivity index (χ4v) is 4.14. The molecule has 2 aromatic carbocycles. The molecule has 5 nitrogen and oxygen atoms in total. The van der Waals surface area contributed by atoms with Crippen molar-refractivity contribution in [2.75, 3.05) is 0 Å². The van der Waals surface area contributed by atoms with Crippen LogP contribution in [0.2, 0.25) is 0 Å². The van der Waals surface area contributed by atoms with Crippen molar-refractivity contribution in [1.29, 1.82) is 0 Å². The number of fused-ring (bicyclic) bond motifs is 1. The molecule has 2 heterocycles. The number of nitrogens with one attached hydrogen (secondary N) is 1. The third-order valence-electron chi connectivity index (χ3n) is 4.40. The number of thiophene rings is 1. The van der Waals surface area contributed by atoms with Gasteiger partial charge in [-0.2, -0.15) is 5.10 Å². The van der Waals surface area contributed by atoms with Gasteiger partial charge in [-0.1, -0.05) is 30.3 Å². The number of aryl methyl sites for hydroxylation is 1. The van der Waals surface area contributed by atoms with E-state index in [-0.39, 0.29) is 11.7 Å². The standard InChI is InChI=1S/C20H17FN4OS/c1-13-18-16(21)3-2-4-17(18)27-19(13)20(26)23-9-14-5-7-15(8-6-14)10-25-12-22-11-24-25/h2-8,11-12H,9-10H2,1H3,(H,23,26). The lowest BCUT2D eigenvalue weighted by molar-refractivity contribution is 0.0954. The molecule has 0 bridgehead atoms. The molecule has 0 radical (unpaired) electrons. The molecular weight excluding hydrogens is 363 g/mol. The predicted octanol–water partition coefficient (Wildman–Crippen LogP) is 3.92. The van der Waals surface area contributed by atoms with Crippen LogP contribution in [0, 0.1) is 12.7 Å². The summed E-state index contributed by atoms with van der Waals surface area (Å²) in [6.45, 7) is 2.85. The molecule has 4 aromatic rings. The maximum Gasteiger partial charge on any atom is 0.261 e. The van der Waals surface area contributed by atoms with Gasteiger partial charge in [-0.25, -0.2) is 14.1 Å². The van der Waals surface area contributed by atoms with E-state index >= 15 is 0 Å². The van der Waals surface area contributed by atoms with Crippen LogP contribution in [0.1, 0.15) is 26.4 Å². The Bertz CT molecular complexity index is 1090. The minimum Gasteiger partial charge on any atom is -0.347 e. The summed E-state index contributed by atoms with van der Waals surface area (Å²) in [7, 11) is 0. The number of amides is 1. The number of benzene rings is 2. The maximum atomic E-state index is 14.0. The Morgan fingerprint density at radius 3 is 2.67 bits per heavy atom. The number of aromatic nitrogens is 3. The SMILES string of the molecule is Cc1c(C(=O)NCc2ccc(Cn3cncn3)cc2)sc2cccc(F)c12. The molecule has 0 unspecified atom stereocenters. The highest BCUT2D eigenvalue weighted by Crippen LogP contribution is 2.32. The van der Waals surface area contributed by atoms with Crippen LogP contribution in [0.4, 0.5) is 4.39 Å². The highest BCUT2D eigenvalue weighted by molar-refractivity contribution is 7.21. The van der Waals surface area contributed by atoms with Crippen LogP contribution < -0.4 is 5.32 Å². The zero-order valence-corrected chi connectivity index (χ0v) is 15.5. The molecule has 7 heteroatoms. The van der Waals surface area contributed by atoms with Crippen molar-refractivity contribution in [3.63, 3.8) is 0 Å². The van der Waals surface area contributed by atoms with Crippen molar-refractivity contribution < 1.29 is 9.18 Å². The van der Waals surface area contributed by atoms with E-state index in [0.717, 1.165) is 15.8 Å². The molecule has 136 valence electrons. The predicted molar refractivity (Wildman–Crippen MR) is 103 cm³/mol. The Balaban J connectivity index is 1.43. The molecule has 4 rings (SSSR count). The fraction of sp³-hybridized carbons (Fsp3) is 0.150. The molecule has 0 saturated heterocycles. The van der Waals surface area contributed by atoms with Gasteiger partial charge in [0, 0.05) is 16.6 Å². The summed E-state index contributed by atoms with van der Waals surface area (Å²) >= 11 is 1.32. The first-order chi connectivity index (χ1) is 13.1. The average molecular weight is 380 g/mol. The monoisotopic (exact) mass is 380 g/mol.